The summed E-state index contributed by atoms with van der Waals surface area (Å²) in [6.45, 7) is 1.15. The summed E-state index contributed by atoms with van der Waals surface area (Å²) in [4.78, 5) is 12.1. The molecule has 5 heteroatoms. The summed E-state index contributed by atoms with van der Waals surface area (Å²) in [7, 11) is 0. The average molecular weight is 356 g/mol. The second kappa shape index (κ2) is 9.22. The molecule has 26 heavy (non-hydrogen) atoms. The molecule has 2 amide bonds. The standard InChI is InChI=1S/C21H25FN2O2/c22-17-10-12-18(13-11-17)26-15-4-3-14-23-21(25)24-20-9-5-7-16-6-1-2-8-19(16)20/h1-2,6,8,10-13,20H,3-5,7,9,14-15H2,(H2,23,24,25). The summed E-state index contributed by atoms with van der Waals surface area (Å²) >= 11 is 0. The predicted octanol–water partition coefficient (Wildman–Crippen LogP) is 4.36. The van der Waals surface area contributed by atoms with E-state index < -0.39 is 0 Å². The average Bonchev–Trinajstić information content (AvgIpc) is 2.66. The number of aryl methyl sites for hydroxylation is 1. The number of hydrogen-bond donors (Lipinski definition) is 2. The Morgan fingerprint density at radius 2 is 1.92 bits per heavy atom. The molecule has 0 fully saturated rings. The van der Waals surface area contributed by atoms with E-state index in [0.717, 1.165) is 32.1 Å². The van der Waals surface area contributed by atoms with Gasteiger partial charge >= 0.3 is 6.03 Å². The lowest BCUT2D eigenvalue weighted by Gasteiger charge is -2.26. The summed E-state index contributed by atoms with van der Waals surface area (Å²) in [6, 6.07) is 14.3. The molecule has 0 aliphatic heterocycles. The number of halogens is 1. The van der Waals surface area contributed by atoms with E-state index in [-0.39, 0.29) is 17.9 Å². The van der Waals surface area contributed by atoms with Crippen LogP contribution >= 0.6 is 0 Å². The first-order valence-corrected chi connectivity index (χ1v) is 9.23. The van der Waals surface area contributed by atoms with Crippen molar-refractivity contribution in [2.75, 3.05) is 13.2 Å². The van der Waals surface area contributed by atoms with E-state index >= 15 is 0 Å². The molecule has 1 aliphatic carbocycles. The Morgan fingerprint density at radius 3 is 2.77 bits per heavy atom. The number of carbonyl (C=O) groups is 1. The fourth-order valence-electron chi connectivity index (χ4n) is 3.26. The Labute approximate surface area is 153 Å². The van der Waals surface area contributed by atoms with Gasteiger partial charge in [-0.15, -0.1) is 0 Å². The third kappa shape index (κ3) is 5.22. The number of nitrogens with one attached hydrogen (secondary N) is 2. The molecule has 2 N–H and O–H groups in total. The molecule has 1 aliphatic rings. The summed E-state index contributed by atoms with van der Waals surface area (Å²) < 4.78 is 18.3. The highest BCUT2D eigenvalue weighted by molar-refractivity contribution is 5.74. The van der Waals surface area contributed by atoms with Crippen LogP contribution < -0.4 is 15.4 Å². The van der Waals surface area contributed by atoms with Gasteiger partial charge in [-0.3, -0.25) is 0 Å². The van der Waals surface area contributed by atoms with Crippen LogP contribution in [0, 0.1) is 5.82 Å². The van der Waals surface area contributed by atoms with Crippen molar-refractivity contribution in [2.24, 2.45) is 0 Å². The topological polar surface area (TPSA) is 50.4 Å². The van der Waals surface area contributed by atoms with Crippen LogP contribution in [0.15, 0.2) is 48.5 Å². The van der Waals surface area contributed by atoms with Gasteiger partial charge in [0.15, 0.2) is 0 Å². The predicted molar refractivity (Wildman–Crippen MR) is 99.8 cm³/mol. The maximum absolute atomic E-state index is 12.8. The van der Waals surface area contributed by atoms with Crippen LogP contribution in [0.3, 0.4) is 0 Å². The lowest BCUT2D eigenvalue weighted by molar-refractivity contribution is 0.234. The molecule has 4 nitrogen and oxygen atoms in total. The summed E-state index contributed by atoms with van der Waals surface area (Å²) in [6.07, 6.45) is 4.82. The van der Waals surface area contributed by atoms with Crippen molar-refractivity contribution in [3.05, 3.63) is 65.5 Å². The van der Waals surface area contributed by atoms with E-state index in [1.807, 2.05) is 6.07 Å². The van der Waals surface area contributed by atoms with Gasteiger partial charge in [0.2, 0.25) is 0 Å². The molecule has 0 saturated heterocycles. The van der Waals surface area contributed by atoms with Gasteiger partial charge in [0, 0.05) is 6.54 Å². The number of benzene rings is 2. The number of amides is 2. The van der Waals surface area contributed by atoms with Crippen LogP contribution in [-0.2, 0) is 6.42 Å². The molecule has 2 aromatic rings. The quantitative estimate of drug-likeness (QED) is 0.724. The van der Waals surface area contributed by atoms with Gasteiger partial charge in [-0.25, -0.2) is 9.18 Å². The van der Waals surface area contributed by atoms with Gasteiger partial charge in [0.25, 0.3) is 0 Å². The first-order valence-electron chi connectivity index (χ1n) is 9.23. The molecular formula is C21H25FN2O2. The van der Waals surface area contributed by atoms with Crippen LogP contribution in [0.25, 0.3) is 0 Å². The molecule has 1 unspecified atom stereocenters. The second-order valence-electron chi connectivity index (χ2n) is 6.55. The molecular weight excluding hydrogens is 331 g/mol. The first-order chi connectivity index (χ1) is 12.7. The van der Waals surface area contributed by atoms with Crippen molar-refractivity contribution in [3.8, 4) is 5.75 Å². The van der Waals surface area contributed by atoms with Crippen LogP contribution in [0.4, 0.5) is 9.18 Å². The van der Waals surface area contributed by atoms with Crippen molar-refractivity contribution in [1.29, 1.82) is 0 Å². The van der Waals surface area contributed by atoms with Crippen LogP contribution in [0.1, 0.15) is 42.9 Å². The van der Waals surface area contributed by atoms with Crippen molar-refractivity contribution < 1.29 is 13.9 Å². The first kappa shape index (κ1) is 18.2. The highest BCUT2D eigenvalue weighted by Crippen LogP contribution is 2.29. The number of unbranched alkanes of at least 4 members (excludes halogenated alkanes) is 1. The van der Waals surface area contributed by atoms with Crippen molar-refractivity contribution >= 4 is 6.03 Å². The van der Waals surface area contributed by atoms with Crippen molar-refractivity contribution in [2.45, 2.75) is 38.1 Å². The fourth-order valence-corrected chi connectivity index (χ4v) is 3.26. The number of carbonyl (C=O) groups excluding carboxylic acids is 1. The molecule has 2 aromatic carbocycles. The molecule has 3 rings (SSSR count). The largest absolute Gasteiger partial charge is 0.494 e. The smallest absolute Gasteiger partial charge is 0.315 e. The van der Waals surface area contributed by atoms with Gasteiger partial charge in [0.05, 0.1) is 12.6 Å². The number of ether oxygens (including phenoxy) is 1. The van der Waals surface area contributed by atoms with Gasteiger partial charge in [-0.1, -0.05) is 24.3 Å². The summed E-state index contributed by atoms with van der Waals surface area (Å²) in [5.74, 6) is 0.390. The Kier molecular flexibility index (Phi) is 6.47. The van der Waals surface area contributed by atoms with Gasteiger partial charge in [0.1, 0.15) is 11.6 Å². The molecule has 0 heterocycles. The van der Waals surface area contributed by atoms with Crippen molar-refractivity contribution in [3.63, 3.8) is 0 Å². The molecule has 0 aromatic heterocycles. The van der Waals surface area contributed by atoms with Crippen LogP contribution in [0.2, 0.25) is 0 Å². The lowest BCUT2D eigenvalue weighted by atomic mass is 9.88. The number of fused-ring (bicyclic) bond motifs is 1. The third-order valence-corrected chi connectivity index (χ3v) is 4.61. The fraction of sp³-hybridized carbons (Fsp3) is 0.381. The van der Waals surface area contributed by atoms with Gasteiger partial charge in [-0.2, -0.15) is 0 Å². The molecule has 0 bridgehead atoms. The van der Waals surface area contributed by atoms with Crippen LogP contribution in [0.5, 0.6) is 5.75 Å². The minimum absolute atomic E-state index is 0.0989. The maximum atomic E-state index is 12.8. The van der Waals surface area contributed by atoms with E-state index in [1.54, 1.807) is 12.1 Å². The molecule has 0 radical (unpaired) electrons. The zero-order valence-corrected chi connectivity index (χ0v) is 14.8. The van der Waals surface area contributed by atoms with E-state index in [1.165, 1.54) is 23.3 Å². The number of urea groups is 1. The monoisotopic (exact) mass is 356 g/mol. The van der Waals surface area contributed by atoms with E-state index in [2.05, 4.69) is 28.8 Å². The normalized spacial score (nSPS) is 15.8. The highest BCUT2D eigenvalue weighted by Gasteiger charge is 2.20. The Balaban J connectivity index is 1.32. The summed E-state index contributed by atoms with van der Waals surface area (Å²) in [5.41, 5.74) is 2.57. The minimum Gasteiger partial charge on any atom is -0.494 e. The minimum atomic E-state index is -0.270. The molecule has 0 saturated carbocycles. The highest BCUT2D eigenvalue weighted by atomic mass is 19.1. The van der Waals surface area contributed by atoms with E-state index in [4.69, 9.17) is 4.74 Å². The second-order valence-corrected chi connectivity index (χ2v) is 6.55. The molecule has 1 atom stereocenters. The molecule has 138 valence electrons. The Hall–Kier alpha value is -2.56. The maximum Gasteiger partial charge on any atom is 0.315 e. The van der Waals surface area contributed by atoms with E-state index in [9.17, 15) is 9.18 Å². The summed E-state index contributed by atoms with van der Waals surface area (Å²) in [5, 5.41) is 5.99. The van der Waals surface area contributed by atoms with Gasteiger partial charge in [-0.05, 0) is 67.5 Å². The number of hydrogen-bond acceptors (Lipinski definition) is 2. The Morgan fingerprint density at radius 1 is 1.12 bits per heavy atom. The van der Waals surface area contributed by atoms with E-state index in [0.29, 0.717) is 18.9 Å². The third-order valence-electron chi connectivity index (χ3n) is 4.61. The lowest BCUT2D eigenvalue weighted by Crippen LogP contribution is -2.39. The van der Waals surface area contributed by atoms with Crippen molar-refractivity contribution in [1.82, 2.24) is 10.6 Å². The van der Waals surface area contributed by atoms with Crippen LogP contribution in [-0.4, -0.2) is 19.2 Å². The molecule has 0 spiro atoms. The number of rotatable bonds is 7. The zero-order chi connectivity index (χ0) is 18.2. The zero-order valence-electron chi connectivity index (χ0n) is 14.8. The Bertz CT molecular complexity index is 718. The SMILES string of the molecule is O=C(NCCCCOc1ccc(F)cc1)NC1CCCc2ccccc21. The van der Waals surface area contributed by atoms with Gasteiger partial charge < -0.3 is 15.4 Å².